The molecule has 25 heavy (non-hydrogen) atoms. The lowest BCUT2D eigenvalue weighted by molar-refractivity contribution is -0.136. The van der Waals surface area contributed by atoms with E-state index in [0.717, 1.165) is 0 Å². The van der Waals surface area contributed by atoms with Gasteiger partial charge in [0.15, 0.2) is 0 Å². The monoisotopic (exact) mass is 381 g/mol. The SMILES string of the molecule is COC(=O)C1=C(C)Nc2cc(=O)[nH]c(=O)n2[C@@H]1c1cccc(Cl)c1Cl. The Hall–Kier alpha value is -2.51. The van der Waals surface area contributed by atoms with Gasteiger partial charge in [-0.05, 0) is 13.0 Å². The van der Waals surface area contributed by atoms with E-state index >= 15 is 0 Å². The fourth-order valence-corrected chi connectivity index (χ4v) is 3.26. The third kappa shape index (κ3) is 2.85. The van der Waals surface area contributed by atoms with Crippen LogP contribution in [0.25, 0.3) is 0 Å². The molecule has 0 radical (unpaired) electrons. The summed E-state index contributed by atoms with van der Waals surface area (Å²) in [6.45, 7) is 1.65. The normalized spacial score (nSPS) is 16.2. The quantitative estimate of drug-likeness (QED) is 0.778. The Morgan fingerprint density at radius 3 is 2.68 bits per heavy atom. The predicted octanol–water partition coefficient (Wildman–Crippen LogP) is 2.31. The molecule has 0 saturated heterocycles. The molecule has 0 amide bonds. The van der Waals surface area contributed by atoms with Gasteiger partial charge in [-0.2, -0.15) is 0 Å². The minimum absolute atomic E-state index is 0.188. The Bertz CT molecular complexity index is 1020. The van der Waals surface area contributed by atoms with E-state index in [-0.39, 0.29) is 21.4 Å². The number of allylic oxidation sites excluding steroid dienone is 1. The zero-order valence-corrected chi connectivity index (χ0v) is 14.7. The molecule has 2 aromatic rings. The Balaban J connectivity index is 2.39. The maximum Gasteiger partial charge on any atom is 0.337 e. The zero-order valence-electron chi connectivity index (χ0n) is 13.2. The summed E-state index contributed by atoms with van der Waals surface area (Å²) >= 11 is 12.4. The second-order valence-electron chi connectivity index (χ2n) is 5.39. The number of H-pyrrole nitrogens is 1. The van der Waals surface area contributed by atoms with E-state index in [2.05, 4.69) is 10.3 Å². The van der Waals surface area contributed by atoms with Crippen LogP contribution in [-0.2, 0) is 9.53 Å². The number of methoxy groups -OCH3 is 1. The third-order valence-corrected chi connectivity index (χ3v) is 4.74. The fraction of sp³-hybridized carbons (Fsp3) is 0.188. The van der Waals surface area contributed by atoms with E-state index in [1.165, 1.54) is 17.7 Å². The molecule has 7 nitrogen and oxygen atoms in total. The molecule has 2 heterocycles. The molecular weight excluding hydrogens is 369 g/mol. The van der Waals surface area contributed by atoms with E-state index < -0.39 is 23.3 Å². The van der Waals surface area contributed by atoms with E-state index in [0.29, 0.717) is 11.3 Å². The van der Waals surface area contributed by atoms with Crippen molar-refractivity contribution in [1.29, 1.82) is 0 Å². The molecule has 9 heteroatoms. The molecule has 0 aliphatic carbocycles. The minimum Gasteiger partial charge on any atom is -0.466 e. The highest BCUT2D eigenvalue weighted by Crippen LogP contribution is 2.39. The summed E-state index contributed by atoms with van der Waals surface area (Å²) in [7, 11) is 1.24. The van der Waals surface area contributed by atoms with Crippen molar-refractivity contribution in [2.45, 2.75) is 13.0 Å². The number of esters is 1. The van der Waals surface area contributed by atoms with Crippen LogP contribution in [0.1, 0.15) is 18.5 Å². The van der Waals surface area contributed by atoms with Gasteiger partial charge >= 0.3 is 11.7 Å². The van der Waals surface area contributed by atoms with Crippen LogP contribution in [0, 0.1) is 0 Å². The van der Waals surface area contributed by atoms with Crippen LogP contribution in [0.15, 0.2) is 45.1 Å². The van der Waals surface area contributed by atoms with Crippen molar-refractivity contribution in [3.63, 3.8) is 0 Å². The van der Waals surface area contributed by atoms with Crippen LogP contribution in [-0.4, -0.2) is 22.6 Å². The Morgan fingerprint density at radius 1 is 1.28 bits per heavy atom. The van der Waals surface area contributed by atoms with Crippen molar-refractivity contribution < 1.29 is 9.53 Å². The van der Waals surface area contributed by atoms with Crippen LogP contribution >= 0.6 is 23.2 Å². The van der Waals surface area contributed by atoms with Gasteiger partial charge in [0, 0.05) is 17.3 Å². The number of ether oxygens (including phenoxy) is 1. The lowest BCUT2D eigenvalue weighted by Gasteiger charge is -2.31. The summed E-state index contributed by atoms with van der Waals surface area (Å²) in [5, 5.41) is 3.37. The van der Waals surface area contributed by atoms with Crippen LogP contribution in [0.2, 0.25) is 10.0 Å². The first kappa shape index (κ1) is 17.3. The highest BCUT2D eigenvalue weighted by atomic mass is 35.5. The first-order chi connectivity index (χ1) is 11.8. The number of halogens is 2. The van der Waals surface area contributed by atoms with Gasteiger partial charge in [0.25, 0.3) is 5.56 Å². The molecule has 0 unspecified atom stereocenters. The molecule has 1 aromatic carbocycles. The summed E-state index contributed by atoms with van der Waals surface area (Å²) in [5.74, 6) is -0.394. The Kier molecular flexibility index (Phi) is 4.45. The van der Waals surface area contributed by atoms with Gasteiger partial charge in [-0.15, -0.1) is 0 Å². The summed E-state index contributed by atoms with van der Waals surface area (Å²) in [5.41, 5.74) is -0.184. The second-order valence-corrected chi connectivity index (χ2v) is 6.18. The number of carbonyl (C=O) groups excluding carboxylic acids is 1. The van der Waals surface area contributed by atoms with Gasteiger partial charge < -0.3 is 10.1 Å². The van der Waals surface area contributed by atoms with Gasteiger partial charge in [0.1, 0.15) is 11.9 Å². The van der Waals surface area contributed by atoms with Crippen molar-refractivity contribution in [2.24, 2.45) is 0 Å². The van der Waals surface area contributed by atoms with Crippen molar-refractivity contribution in [3.8, 4) is 0 Å². The number of carbonyl (C=O) groups is 1. The molecule has 1 aliphatic rings. The topological polar surface area (TPSA) is 93.2 Å². The number of nitrogens with one attached hydrogen (secondary N) is 2. The molecule has 0 saturated carbocycles. The molecule has 3 rings (SSSR count). The molecule has 0 spiro atoms. The van der Waals surface area contributed by atoms with Gasteiger partial charge in [0.05, 0.1) is 22.7 Å². The second kappa shape index (κ2) is 6.42. The summed E-state index contributed by atoms with van der Waals surface area (Å²) in [6.07, 6.45) is 0. The summed E-state index contributed by atoms with van der Waals surface area (Å²) in [6, 6.07) is 5.23. The van der Waals surface area contributed by atoms with E-state index in [1.807, 2.05) is 0 Å². The van der Waals surface area contributed by atoms with Gasteiger partial charge in [-0.25, -0.2) is 9.59 Å². The third-order valence-electron chi connectivity index (χ3n) is 3.91. The summed E-state index contributed by atoms with van der Waals surface area (Å²) in [4.78, 5) is 38.6. The highest BCUT2D eigenvalue weighted by molar-refractivity contribution is 6.42. The fourth-order valence-electron chi connectivity index (χ4n) is 2.85. The number of anilines is 1. The van der Waals surface area contributed by atoms with Crippen LogP contribution in [0.5, 0.6) is 0 Å². The average Bonchev–Trinajstić information content (AvgIpc) is 2.55. The lowest BCUT2D eigenvalue weighted by Crippen LogP contribution is -2.39. The highest BCUT2D eigenvalue weighted by Gasteiger charge is 2.35. The number of aromatic nitrogens is 2. The molecule has 2 N–H and O–H groups in total. The number of hydrogen-bond acceptors (Lipinski definition) is 5. The maximum absolute atomic E-state index is 12.4. The molecule has 1 atom stereocenters. The van der Waals surface area contributed by atoms with Gasteiger partial charge in [-0.1, -0.05) is 35.3 Å². The average molecular weight is 382 g/mol. The molecule has 0 fully saturated rings. The smallest absolute Gasteiger partial charge is 0.337 e. The van der Waals surface area contributed by atoms with Crippen LogP contribution in [0.4, 0.5) is 5.82 Å². The maximum atomic E-state index is 12.4. The van der Waals surface area contributed by atoms with Crippen molar-refractivity contribution in [3.05, 3.63) is 72.0 Å². The first-order valence-electron chi connectivity index (χ1n) is 7.21. The zero-order chi connectivity index (χ0) is 18.3. The van der Waals surface area contributed by atoms with Crippen molar-refractivity contribution in [1.82, 2.24) is 9.55 Å². The minimum atomic E-state index is -0.903. The Labute approximate surface area is 151 Å². The van der Waals surface area contributed by atoms with Crippen molar-refractivity contribution in [2.75, 3.05) is 12.4 Å². The number of rotatable bonds is 2. The van der Waals surface area contributed by atoms with Gasteiger partial charge in [0.2, 0.25) is 0 Å². The number of aromatic amines is 1. The van der Waals surface area contributed by atoms with E-state index in [9.17, 15) is 14.4 Å². The molecule has 1 aliphatic heterocycles. The number of nitrogens with zero attached hydrogens (tertiary/aromatic N) is 1. The molecule has 0 bridgehead atoms. The van der Waals surface area contributed by atoms with Crippen molar-refractivity contribution >= 4 is 35.0 Å². The molecule has 130 valence electrons. The molecular formula is C16H13Cl2N3O4. The molecule has 1 aromatic heterocycles. The number of fused-ring (bicyclic) bond motifs is 1. The van der Waals surface area contributed by atoms with E-state index in [4.69, 9.17) is 27.9 Å². The first-order valence-corrected chi connectivity index (χ1v) is 7.96. The number of benzene rings is 1. The van der Waals surface area contributed by atoms with Gasteiger partial charge in [-0.3, -0.25) is 14.3 Å². The lowest BCUT2D eigenvalue weighted by atomic mass is 9.95. The predicted molar refractivity (Wildman–Crippen MR) is 94.3 cm³/mol. The Morgan fingerprint density at radius 2 is 2.00 bits per heavy atom. The standard InChI is InChI=1S/C16H13Cl2N3O4/c1-7-12(15(23)25-2)14(8-4-3-5-9(17)13(8)18)21-10(19-7)6-11(22)20-16(21)24/h3-6,14,19H,1-2H3,(H,20,22,24)/t14-/m1/s1. The van der Waals surface area contributed by atoms with E-state index in [1.54, 1.807) is 25.1 Å². The van der Waals surface area contributed by atoms with Crippen LogP contribution in [0.3, 0.4) is 0 Å². The van der Waals surface area contributed by atoms with Crippen LogP contribution < -0.4 is 16.6 Å². The largest absolute Gasteiger partial charge is 0.466 e. The number of hydrogen-bond donors (Lipinski definition) is 2. The summed E-state index contributed by atoms with van der Waals surface area (Å²) < 4.78 is 6.09.